The van der Waals surface area contributed by atoms with Gasteiger partial charge in [0.1, 0.15) is 5.56 Å². The Morgan fingerprint density at radius 1 is 1.62 bits per heavy atom. The van der Waals surface area contributed by atoms with Gasteiger partial charge in [-0.2, -0.15) is 0 Å². The first kappa shape index (κ1) is 11.6. The van der Waals surface area contributed by atoms with Gasteiger partial charge in [-0.15, -0.1) is 0 Å². The summed E-state index contributed by atoms with van der Waals surface area (Å²) in [5, 5.41) is 13.9. The zero-order chi connectivity index (χ0) is 12.0. The normalized spacial score (nSPS) is 8.56. The molecule has 1 aromatic rings. The van der Waals surface area contributed by atoms with Crippen LogP contribution in [0.2, 0.25) is 0 Å². The number of benzene rings is 1. The van der Waals surface area contributed by atoms with Gasteiger partial charge in [0.15, 0.2) is 0 Å². The molecule has 0 fully saturated rings. The first-order chi connectivity index (χ1) is 7.65. The third-order valence-corrected chi connectivity index (χ3v) is 1.78. The lowest BCUT2D eigenvalue weighted by Gasteiger charge is -1.96. The van der Waals surface area contributed by atoms with E-state index in [0.717, 1.165) is 5.56 Å². The Morgan fingerprint density at radius 2 is 2.38 bits per heavy atom. The van der Waals surface area contributed by atoms with Crippen molar-refractivity contribution in [3.8, 4) is 11.8 Å². The second-order valence-electron chi connectivity index (χ2n) is 2.97. The Bertz CT molecular complexity index is 521. The van der Waals surface area contributed by atoms with Crippen molar-refractivity contribution in [2.75, 3.05) is 6.54 Å². The van der Waals surface area contributed by atoms with E-state index in [1.165, 1.54) is 6.07 Å². The van der Waals surface area contributed by atoms with Gasteiger partial charge in [0.2, 0.25) is 0 Å². The second kappa shape index (κ2) is 5.39. The molecule has 0 radical (unpaired) electrons. The summed E-state index contributed by atoms with van der Waals surface area (Å²) in [6.07, 6.45) is 0. The molecule has 0 amide bonds. The minimum absolute atomic E-state index is 0.00158. The molecule has 16 heavy (non-hydrogen) atoms. The van der Waals surface area contributed by atoms with E-state index in [9.17, 15) is 10.1 Å². The van der Waals surface area contributed by atoms with Crippen molar-refractivity contribution in [2.45, 2.75) is 6.92 Å². The van der Waals surface area contributed by atoms with Gasteiger partial charge in [-0.3, -0.25) is 10.1 Å². The van der Waals surface area contributed by atoms with E-state index < -0.39 is 4.92 Å². The van der Waals surface area contributed by atoms with Crippen LogP contribution in [0.3, 0.4) is 0 Å². The molecular weight excluding hydrogens is 208 g/mol. The number of rotatable bonds is 2. The molecular formula is C10H8N4O2. The fourth-order valence-electron chi connectivity index (χ4n) is 1.11. The SMILES string of the molecule is Cc1ccc([N+](=O)[O-])c(C#CCN=[N+]=[N-])c1. The minimum Gasteiger partial charge on any atom is -0.258 e. The van der Waals surface area contributed by atoms with Gasteiger partial charge in [-0.25, -0.2) is 0 Å². The highest BCUT2D eigenvalue weighted by molar-refractivity contribution is 5.52. The van der Waals surface area contributed by atoms with Gasteiger partial charge in [-0.1, -0.05) is 23.0 Å². The summed E-state index contributed by atoms with van der Waals surface area (Å²) in [6.45, 7) is 1.82. The van der Waals surface area contributed by atoms with Crippen LogP contribution in [0.4, 0.5) is 5.69 Å². The highest BCUT2D eigenvalue weighted by Gasteiger charge is 2.10. The standard InChI is InChI=1S/C10H8N4O2/c1-8-4-5-10(14(15)16)9(7-8)3-2-6-12-13-11/h4-5,7H,6H2,1H3. The number of aryl methyl sites for hydroxylation is 1. The van der Waals surface area contributed by atoms with Crippen LogP contribution < -0.4 is 0 Å². The molecule has 0 N–H and O–H groups in total. The first-order valence-corrected chi connectivity index (χ1v) is 4.40. The monoisotopic (exact) mass is 216 g/mol. The molecule has 0 bridgehead atoms. The lowest BCUT2D eigenvalue weighted by molar-refractivity contribution is -0.385. The van der Waals surface area contributed by atoms with E-state index in [1.807, 2.05) is 6.92 Å². The van der Waals surface area contributed by atoms with Gasteiger partial charge in [0.05, 0.1) is 11.5 Å². The number of hydrogen-bond donors (Lipinski definition) is 0. The summed E-state index contributed by atoms with van der Waals surface area (Å²) < 4.78 is 0. The number of nitro benzene ring substituents is 1. The summed E-state index contributed by atoms with van der Waals surface area (Å²) in [5.41, 5.74) is 9.21. The highest BCUT2D eigenvalue weighted by atomic mass is 16.6. The number of nitrogens with zero attached hydrogens (tertiary/aromatic N) is 4. The first-order valence-electron chi connectivity index (χ1n) is 4.40. The van der Waals surface area contributed by atoms with Crippen molar-refractivity contribution in [2.24, 2.45) is 5.11 Å². The van der Waals surface area contributed by atoms with Gasteiger partial charge in [-0.05, 0) is 24.1 Å². The van der Waals surface area contributed by atoms with Gasteiger partial charge < -0.3 is 0 Å². The van der Waals surface area contributed by atoms with Crippen LogP contribution in [0.15, 0.2) is 23.3 Å². The Kier molecular flexibility index (Phi) is 3.90. The van der Waals surface area contributed by atoms with E-state index >= 15 is 0 Å². The predicted molar refractivity (Wildman–Crippen MR) is 58.7 cm³/mol. The lowest BCUT2D eigenvalue weighted by Crippen LogP contribution is -1.92. The molecule has 1 rings (SSSR count). The largest absolute Gasteiger partial charge is 0.284 e. The Labute approximate surface area is 91.7 Å². The quantitative estimate of drug-likeness (QED) is 0.190. The summed E-state index contributed by atoms with van der Waals surface area (Å²) in [6, 6.07) is 4.69. The third kappa shape index (κ3) is 3.01. The van der Waals surface area contributed by atoms with Crippen molar-refractivity contribution in [3.05, 3.63) is 49.9 Å². The molecule has 6 heteroatoms. The van der Waals surface area contributed by atoms with Gasteiger partial charge in [0, 0.05) is 11.0 Å². The molecule has 1 aromatic carbocycles. The van der Waals surface area contributed by atoms with Crippen LogP contribution in [0.25, 0.3) is 10.4 Å². The molecule has 0 saturated carbocycles. The Morgan fingerprint density at radius 3 is 3.00 bits per heavy atom. The summed E-state index contributed by atoms with van der Waals surface area (Å²) >= 11 is 0. The average molecular weight is 216 g/mol. The molecule has 80 valence electrons. The van der Waals surface area contributed by atoms with Gasteiger partial charge >= 0.3 is 0 Å². The molecule has 6 nitrogen and oxygen atoms in total. The summed E-state index contributed by atoms with van der Waals surface area (Å²) in [5.74, 6) is 5.16. The van der Waals surface area contributed by atoms with Crippen molar-refractivity contribution < 1.29 is 4.92 Å². The molecule has 0 aliphatic heterocycles. The van der Waals surface area contributed by atoms with E-state index in [0.29, 0.717) is 5.56 Å². The molecule has 0 heterocycles. The lowest BCUT2D eigenvalue weighted by atomic mass is 10.1. The molecule has 0 atom stereocenters. The number of nitro groups is 1. The molecule has 0 aliphatic carbocycles. The van der Waals surface area contributed by atoms with Crippen LogP contribution in [-0.4, -0.2) is 11.5 Å². The molecule has 0 spiro atoms. The Balaban J connectivity index is 3.08. The Hall–Kier alpha value is -2.51. The van der Waals surface area contributed by atoms with Crippen LogP contribution in [0.5, 0.6) is 0 Å². The number of azide groups is 1. The van der Waals surface area contributed by atoms with Crippen molar-refractivity contribution in [1.29, 1.82) is 0 Å². The third-order valence-electron chi connectivity index (χ3n) is 1.78. The highest BCUT2D eigenvalue weighted by Crippen LogP contribution is 2.18. The zero-order valence-electron chi connectivity index (χ0n) is 8.54. The zero-order valence-corrected chi connectivity index (χ0v) is 8.54. The van der Waals surface area contributed by atoms with Crippen LogP contribution in [0, 0.1) is 28.9 Å². The molecule has 0 unspecified atom stereocenters. The maximum absolute atomic E-state index is 10.7. The van der Waals surface area contributed by atoms with E-state index in [-0.39, 0.29) is 12.2 Å². The maximum atomic E-state index is 10.7. The van der Waals surface area contributed by atoms with Crippen molar-refractivity contribution in [1.82, 2.24) is 0 Å². The summed E-state index contributed by atoms with van der Waals surface area (Å²) in [7, 11) is 0. The van der Waals surface area contributed by atoms with E-state index in [4.69, 9.17) is 5.53 Å². The molecule has 0 aromatic heterocycles. The topological polar surface area (TPSA) is 91.9 Å². The smallest absolute Gasteiger partial charge is 0.258 e. The van der Waals surface area contributed by atoms with Crippen LogP contribution >= 0.6 is 0 Å². The fraction of sp³-hybridized carbons (Fsp3) is 0.200. The second-order valence-corrected chi connectivity index (χ2v) is 2.97. The summed E-state index contributed by atoms with van der Waals surface area (Å²) in [4.78, 5) is 12.7. The molecule has 0 aliphatic rings. The van der Waals surface area contributed by atoms with Crippen molar-refractivity contribution >= 4 is 5.69 Å². The minimum atomic E-state index is -0.489. The predicted octanol–water partition coefficient (Wildman–Crippen LogP) is 2.57. The molecule has 0 saturated heterocycles. The van der Waals surface area contributed by atoms with Gasteiger partial charge in [0.25, 0.3) is 5.69 Å². The van der Waals surface area contributed by atoms with Crippen LogP contribution in [0.1, 0.15) is 11.1 Å². The number of hydrogen-bond acceptors (Lipinski definition) is 3. The fourth-order valence-corrected chi connectivity index (χ4v) is 1.11. The average Bonchev–Trinajstić information content (AvgIpc) is 2.24. The maximum Gasteiger partial charge on any atom is 0.284 e. The van der Waals surface area contributed by atoms with E-state index in [2.05, 4.69) is 21.9 Å². The van der Waals surface area contributed by atoms with Crippen LogP contribution in [-0.2, 0) is 0 Å². The van der Waals surface area contributed by atoms with Crippen molar-refractivity contribution in [3.63, 3.8) is 0 Å². The van der Waals surface area contributed by atoms with E-state index in [1.54, 1.807) is 12.1 Å².